The van der Waals surface area contributed by atoms with Gasteiger partial charge in [-0.2, -0.15) is 0 Å². The molecule has 10 heteroatoms. The molecule has 0 atom stereocenters. The zero-order chi connectivity index (χ0) is 13.4. The Hall–Kier alpha value is -0.990. The third-order valence-electron chi connectivity index (χ3n) is 1.76. The fourth-order valence-electron chi connectivity index (χ4n) is 1.05. The minimum absolute atomic E-state index is 0.499. The Morgan fingerprint density at radius 3 is 2.24 bits per heavy atom. The number of nitro benzene ring substituents is 1. The van der Waals surface area contributed by atoms with E-state index in [0.717, 1.165) is 0 Å². The Morgan fingerprint density at radius 2 is 1.88 bits per heavy atom. The molecule has 0 saturated heterocycles. The lowest BCUT2D eigenvalue weighted by atomic mass is 10.2. The fourth-order valence-corrected chi connectivity index (χ4v) is 2.62. The van der Waals surface area contributed by atoms with E-state index >= 15 is 0 Å². The molecule has 0 heterocycles. The summed E-state index contributed by atoms with van der Waals surface area (Å²) in [6.45, 7) is 0. The minimum Gasteiger partial charge on any atom is -0.258 e. The first-order valence-electron chi connectivity index (χ1n) is 3.85. The first kappa shape index (κ1) is 14.1. The van der Waals surface area contributed by atoms with Crippen LogP contribution in [0.3, 0.4) is 0 Å². The first-order chi connectivity index (χ1) is 7.64. The van der Waals surface area contributed by atoms with Crippen LogP contribution in [0.15, 0.2) is 17.0 Å². The molecule has 0 aliphatic rings. The highest BCUT2D eigenvalue weighted by Crippen LogP contribution is 2.37. The summed E-state index contributed by atoms with van der Waals surface area (Å²) in [5.74, 6) is 0. The smallest absolute Gasteiger partial charge is 0.258 e. The van der Waals surface area contributed by atoms with Crippen molar-refractivity contribution in [2.45, 2.75) is 11.3 Å². The molecule has 0 spiro atoms. The van der Waals surface area contributed by atoms with Gasteiger partial charge in [0.2, 0.25) is 0 Å². The number of alkyl halides is 2. The number of hydrogen-bond acceptors (Lipinski definition) is 4. The van der Waals surface area contributed by atoms with Crippen molar-refractivity contribution in [3.8, 4) is 0 Å². The van der Waals surface area contributed by atoms with E-state index in [2.05, 4.69) is 0 Å². The van der Waals surface area contributed by atoms with E-state index in [1.165, 1.54) is 0 Å². The van der Waals surface area contributed by atoms with Crippen molar-refractivity contribution >= 4 is 37.0 Å². The van der Waals surface area contributed by atoms with Gasteiger partial charge in [-0.3, -0.25) is 10.1 Å². The van der Waals surface area contributed by atoms with Crippen LogP contribution in [-0.2, 0) is 9.05 Å². The second kappa shape index (κ2) is 4.71. The summed E-state index contributed by atoms with van der Waals surface area (Å²) >= 11 is 5.40. The summed E-state index contributed by atoms with van der Waals surface area (Å²) in [4.78, 5) is 8.51. The highest BCUT2D eigenvalue weighted by Gasteiger charge is 2.26. The van der Waals surface area contributed by atoms with E-state index < -0.39 is 41.6 Å². The van der Waals surface area contributed by atoms with Gasteiger partial charge < -0.3 is 0 Å². The summed E-state index contributed by atoms with van der Waals surface area (Å²) in [5, 5.41) is 9.63. The van der Waals surface area contributed by atoms with Gasteiger partial charge >= 0.3 is 0 Å². The van der Waals surface area contributed by atoms with Crippen molar-refractivity contribution in [1.29, 1.82) is 0 Å². The van der Waals surface area contributed by atoms with Crippen LogP contribution in [0.25, 0.3) is 0 Å². The third kappa shape index (κ3) is 3.02. The average Bonchev–Trinajstić information content (AvgIpc) is 2.15. The summed E-state index contributed by atoms with van der Waals surface area (Å²) in [5.41, 5.74) is -1.79. The number of halogens is 4. The lowest BCUT2D eigenvalue weighted by molar-refractivity contribution is -0.385. The Balaban J connectivity index is 3.67. The van der Waals surface area contributed by atoms with Gasteiger partial charge in [0.05, 0.1) is 9.95 Å². The van der Waals surface area contributed by atoms with Crippen LogP contribution in [-0.4, -0.2) is 13.3 Å². The Morgan fingerprint density at radius 1 is 1.35 bits per heavy atom. The zero-order valence-electron chi connectivity index (χ0n) is 7.73. The first-order valence-corrected chi connectivity index (χ1v) is 6.54. The summed E-state index contributed by atoms with van der Waals surface area (Å²) < 4.78 is 47.0. The topological polar surface area (TPSA) is 77.3 Å². The number of nitro groups is 1. The van der Waals surface area contributed by atoms with E-state index in [1.54, 1.807) is 0 Å². The van der Waals surface area contributed by atoms with Gasteiger partial charge in [0.25, 0.3) is 21.2 Å². The summed E-state index contributed by atoms with van der Waals surface area (Å²) in [6.07, 6.45) is -3.15. The molecule has 0 bridgehead atoms. The quantitative estimate of drug-likeness (QED) is 0.488. The van der Waals surface area contributed by atoms with Crippen molar-refractivity contribution in [3.63, 3.8) is 0 Å². The monoisotopic (exact) mass is 305 g/mol. The van der Waals surface area contributed by atoms with Gasteiger partial charge in [0, 0.05) is 28.4 Å². The van der Waals surface area contributed by atoms with Crippen LogP contribution >= 0.6 is 22.3 Å². The SMILES string of the molecule is O=[N+]([O-])c1cc(C(F)F)c(Cl)c(S(=O)(=O)Cl)c1. The van der Waals surface area contributed by atoms with E-state index in [0.29, 0.717) is 12.1 Å². The molecule has 17 heavy (non-hydrogen) atoms. The fraction of sp³-hybridized carbons (Fsp3) is 0.143. The van der Waals surface area contributed by atoms with Crippen molar-refractivity contribution in [1.82, 2.24) is 0 Å². The molecular weight excluding hydrogens is 303 g/mol. The van der Waals surface area contributed by atoms with Crippen molar-refractivity contribution in [2.75, 3.05) is 0 Å². The van der Waals surface area contributed by atoms with Crippen LogP contribution < -0.4 is 0 Å². The number of benzene rings is 1. The Labute approximate surface area is 104 Å². The molecule has 0 aliphatic heterocycles. The van der Waals surface area contributed by atoms with Gasteiger partial charge in [-0.05, 0) is 0 Å². The molecule has 0 aromatic heterocycles. The number of nitrogens with zero attached hydrogens (tertiary/aromatic N) is 1. The summed E-state index contributed by atoms with van der Waals surface area (Å²) in [6, 6.07) is 1.02. The highest BCUT2D eigenvalue weighted by atomic mass is 35.7. The molecule has 1 aromatic rings. The Bertz CT molecular complexity index is 575. The van der Waals surface area contributed by atoms with Gasteiger partial charge in [-0.25, -0.2) is 17.2 Å². The molecule has 1 rings (SSSR count). The van der Waals surface area contributed by atoms with Crippen LogP contribution in [0.4, 0.5) is 14.5 Å². The second-order valence-corrected chi connectivity index (χ2v) is 5.76. The maximum Gasteiger partial charge on any atom is 0.271 e. The molecule has 0 saturated carbocycles. The van der Waals surface area contributed by atoms with Gasteiger partial charge in [-0.1, -0.05) is 11.6 Å². The van der Waals surface area contributed by atoms with Gasteiger partial charge in [0.15, 0.2) is 0 Å². The lowest BCUT2D eigenvalue weighted by Crippen LogP contribution is -2.00. The highest BCUT2D eigenvalue weighted by molar-refractivity contribution is 8.13. The van der Waals surface area contributed by atoms with Crippen molar-refractivity contribution in [3.05, 3.63) is 32.8 Å². The van der Waals surface area contributed by atoms with Crippen LogP contribution in [0.1, 0.15) is 12.0 Å². The molecule has 0 amide bonds. The number of hydrogen-bond donors (Lipinski definition) is 0. The van der Waals surface area contributed by atoms with Crippen molar-refractivity contribution < 1.29 is 22.1 Å². The largest absolute Gasteiger partial charge is 0.271 e. The van der Waals surface area contributed by atoms with Gasteiger partial charge in [0.1, 0.15) is 4.90 Å². The molecule has 0 radical (unpaired) electrons. The number of rotatable bonds is 3. The van der Waals surface area contributed by atoms with E-state index in [4.69, 9.17) is 22.3 Å². The van der Waals surface area contributed by atoms with Crippen LogP contribution in [0, 0.1) is 10.1 Å². The van der Waals surface area contributed by atoms with Crippen molar-refractivity contribution in [2.24, 2.45) is 0 Å². The maximum atomic E-state index is 12.5. The molecule has 0 aliphatic carbocycles. The van der Waals surface area contributed by atoms with Crippen LogP contribution in [0.2, 0.25) is 5.02 Å². The predicted molar refractivity (Wildman–Crippen MR) is 56.1 cm³/mol. The molecular formula is C7H3Cl2F2NO4S. The standard InChI is InChI=1S/C7H3Cl2F2NO4S/c8-6-4(7(10)11)1-3(12(13)14)2-5(6)17(9,15)16/h1-2,7H. The third-order valence-corrected chi connectivity index (χ3v) is 3.64. The molecule has 5 nitrogen and oxygen atoms in total. The molecule has 0 unspecified atom stereocenters. The van der Waals surface area contributed by atoms with Crippen LogP contribution in [0.5, 0.6) is 0 Å². The predicted octanol–water partition coefficient (Wildman–Crippen LogP) is 3.11. The molecule has 0 fully saturated rings. The maximum absolute atomic E-state index is 12.5. The zero-order valence-corrected chi connectivity index (χ0v) is 10.1. The Kier molecular flexibility index (Phi) is 3.90. The lowest BCUT2D eigenvalue weighted by Gasteiger charge is -2.06. The number of non-ortho nitro benzene ring substituents is 1. The van der Waals surface area contributed by atoms with E-state index in [9.17, 15) is 27.3 Å². The average molecular weight is 306 g/mol. The van der Waals surface area contributed by atoms with Gasteiger partial charge in [-0.15, -0.1) is 0 Å². The molecule has 1 aromatic carbocycles. The van der Waals surface area contributed by atoms with E-state index in [-0.39, 0.29) is 0 Å². The normalized spacial score (nSPS) is 11.8. The minimum atomic E-state index is -4.44. The second-order valence-electron chi connectivity index (χ2n) is 2.84. The molecule has 0 N–H and O–H groups in total. The molecule has 94 valence electrons. The van der Waals surface area contributed by atoms with E-state index in [1.807, 2.05) is 0 Å². The summed E-state index contributed by atoms with van der Waals surface area (Å²) in [7, 11) is 0.494.